The Kier molecular flexibility index (Phi) is 4.37. The molecule has 20 heavy (non-hydrogen) atoms. The van der Waals surface area contributed by atoms with Crippen LogP contribution in [0.5, 0.6) is 0 Å². The highest BCUT2D eigenvalue weighted by Crippen LogP contribution is 2.21. The molecule has 2 rings (SSSR count). The van der Waals surface area contributed by atoms with Crippen molar-refractivity contribution in [1.29, 1.82) is 0 Å². The van der Waals surface area contributed by atoms with Crippen molar-refractivity contribution in [3.63, 3.8) is 0 Å². The Bertz CT molecular complexity index is 522. The van der Waals surface area contributed by atoms with Gasteiger partial charge in [0.15, 0.2) is 0 Å². The number of benzene rings is 1. The van der Waals surface area contributed by atoms with Crippen LogP contribution in [0.3, 0.4) is 0 Å². The van der Waals surface area contributed by atoms with Crippen LogP contribution in [0.2, 0.25) is 0 Å². The zero-order valence-corrected chi connectivity index (χ0v) is 11.4. The minimum absolute atomic E-state index is 0.204. The third-order valence-electron chi connectivity index (χ3n) is 3.81. The summed E-state index contributed by atoms with van der Waals surface area (Å²) in [6.45, 7) is 2.74. The number of carbonyl (C=O) groups excluding carboxylic acids is 1. The number of nitrogens with zero attached hydrogens (tertiary/aromatic N) is 1. The van der Waals surface area contributed by atoms with Gasteiger partial charge in [0, 0.05) is 18.7 Å². The lowest BCUT2D eigenvalue weighted by Gasteiger charge is -2.30. The van der Waals surface area contributed by atoms with E-state index in [4.69, 9.17) is 5.11 Å². The molecule has 1 aromatic carbocycles. The predicted molar refractivity (Wildman–Crippen MR) is 72.0 cm³/mol. The fraction of sp³-hybridized carbons (Fsp3) is 0.467. The highest BCUT2D eigenvalue weighted by molar-refractivity contribution is 5.95. The molecule has 1 aromatic rings. The second-order valence-corrected chi connectivity index (χ2v) is 5.06. The minimum Gasteiger partial charge on any atom is -0.481 e. The molecular formula is C15H18FNO3. The van der Waals surface area contributed by atoms with Gasteiger partial charge in [0.2, 0.25) is 0 Å². The summed E-state index contributed by atoms with van der Waals surface area (Å²) in [6.07, 6.45) is 1.57. The fourth-order valence-corrected chi connectivity index (χ4v) is 2.56. The van der Waals surface area contributed by atoms with Crippen LogP contribution in [0.15, 0.2) is 18.2 Å². The number of carboxylic acid groups (broad SMARTS) is 1. The molecule has 0 aromatic heterocycles. The summed E-state index contributed by atoms with van der Waals surface area (Å²) in [7, 11) is 0. The van der Waals surface area contributed by atoms with Crippen LogP contribution < -0.4 is 0 Å². The Morgan fingerprint density at radius 1 is 1.35 bits per heavy atom. The number of likely N-dealkylation sites (tertiary alicyclic amines) is 1. The second-order valence-electron chi connectivity index (χ2n) is 5.06. The second kappa shape index (κ2) is 6.03. The number of rotatable bonds is 3. The van der Waals surface area contributed by atoms with Gasteiger partial charge in [0.1, 0.15) is 5.82 Å². The number of piperidine rings is 1. The maximum atomic E-state index is 13.3. The van der Waals surface area contributed by atoms with Gasteiger partial charge in [-0.2, -0.15) is 0 Å². The number of carboxylic acids is 1. The summed E-state index contributed by atoms with van der Waals surface area (Å²) in [5, 5.41) is 8.95. The van der Waals surface area contributed by atoms with Gasteiger partial charge in [-0.3, -0.25) is 9.59 Å². The number of aryl methyl sites for hydroxylation is 1. The van der Waals surface area contributed by atoms with Gasteiger partial charge in [-0.05, 0) is 37.0 Å². The van der Waals surface area contributed by atoms with Crippen LogP contribution in [0, 0.1) is 11.7 Å². The van der Waals surface area contributed by atoms with E-state index in [9.17, 15) is 14.0 Å². The van der Waals surface area contributed by atoms with Crippen molar-refractivity contribution in [2.75, 3.05) is 13.1 Å². The van der Waals surface area contributed by atoms with E-state index in [0.717, 1.165) is 5.56 Å². The molecule has 5 heteroatoms. The van der Waals surface area contributed by atoms with E-state index in [1.807, 2.05) is 6.92 Å². The van der Waals surface area contributed by atoms with Crippen LogP contribution in [0.1, 0.15) is 35.7 Å². The molecule has 108 valence electrons. The third kappa shape index (κ3) is 2.98. The standard InChI is InChI=1S/C15H18FNO3/c1-2-10-3-4-12(16)9-13(10)14(18)17-7-5-11(6-8-17)15(19)20/h3-4,9,11H,2,5-8H2,1H3,(H,19,20). The highest BCUT2D eigenvalue weighted by atomic mass is 19.1. The van der Waals surface area contributed by atoms with E-state index >= 15 is 0 Å². The van der Waals surface area contributed by atoms with Crippen LogP contribution in [0.4, 0.5) is 4.39 Å². The van der Waals surface area contributed by atoms with E-state index < -0.39 is 11.8 Å². The summed E-state index contributed by atoms with van der Waals surface area (Å²) < 4.78 is 13.3. The Morgan fingerprint density at radius 3 is 2.55 bits per heavy atom. The van der Waals surface area contributed by atoms with Gasteiger partial charge in [0.25, 0.3) is 5.91 Å². The number of halogens is 1. The summed E-state index contributed by atoms with van der Waals surface area (Å²) in [5.74, 6) is -1.81. The van der Waals surface area contributed by atoms with E-state index in [0.29, 0.717) is 37.9 Å². The monoisotopic (exact) mass is 279 g/mol. The first kappa shape index (κ1) is 14.5. The molecule has 0 atom stereocenters. The predicted octanol–water partition coefficient (Wildman–Crippen LogP) is 2.32. The molecule has 1 amide bonds. The van der Waals surface area contributed by atoms with E-state index in [1.54, 1.807) is 11.0 Å². The maximum absolute atomic E-state index is 13.3. The summed E-state index contributed by atoms with van der Waals surface area (Å²) in [6, 6.07) is 4.25. The minimum atomic E-state index is -0.808. The zero-order valence-electron chi connectivity index (χ0n) is 11.4. The molecule has 0 unspecified atom stereocenters. The van der Waals surface area contributed by atoms with Crippen molar-refractivity contribution >= 4 is 11.9 Å². The van der Waals surface area contributed by atoms with Crippen LogP contribution in [0.25, 0.3) is 0 Å². The van der Waals surface area contributed by atoms with Crippen molar-refractivity contribution in [1.82, 2.24) is 4.90 Å². The average molecular weight is 279 g/mol. The Hall–Kier alpha value is -1.91. The number of aliphatic carboxylic acids is 1. The Labute approximate surface area is 117 Å². The summed E-state index contributed by atoms with van der Waals surface area (Å²) in [4.78, 5) is 24.9. The van der Waals surface area contributed by atoms with Crippen LogP contribution in [-0.2, 0) is 11.2 Å². The van der Waals surface area contributed by atoms with E-state index in [2.05, 4.69) is 0 Å². The molecule has 1 aliphatic rings. The molecule has 1 fully saturated rings. The molecule has 0 saturated carbocycles. The molecule has 1 aliphatic heterocycles. The first-order chi connectivity index (χ1) is 9.52. The average Bonchev–Trinajstić information content (AvgIpc) is 2.46. The van der Waals surface area contributed by atoms with Gasteiger partial charge in [-0.1, -0.05) is 13.0 Å². The van der Waals surface area contributed by atoms with E-state index in [1.165, 1.54) is 12.1 Å². The lowest BCUT2D eigenvalue weighted by molar-refractivity contribution is -0.143. The van der Waals surface area contributed by atoms with Crippen molar-refractivity contribution < 1.29 is 19.1 Å². The number of hydrogen-bond donors (Lipinski definition) is 1. The molecule has 0 radical (unpaired) electrons. The molecule has 0 bridgehead atoms. The van der Waals surface area contributed by atoms with Gasteiger partial charge in [-0.25, -0.2) is 4.39 Å². The summed E-state index contributed by atoms with van der Waals surface area (Å²) in [5.41, 5.74) is 1.21. The van der Waals surface area contributed by atoms with Gasteiger partial charge < -0.3 is 10.0 Å². The molecule has 0 spiro atoms. The zero-order chi connectivity index (χ0) is 14.7. The molecule has 0 aliphatic carbocycles. The van der Waals surface area contributed by atoms with Gasteiger partial charge in [-0.15, -0.1) is 0 Å². The largest absolute Gasteiger partial charge is 0.481 e. The van der Waals surface area contributed by atoms with Crippen molar-refractivity contribution in [3.8, 4) is 0 Å². The van der Waals surface area contributed by atoms with Crippen molar-refractivity contribution in [2.45, 2.75) is 26.2 Å². The maximum Gasteiger partial charge on any atom is 0.306 e. The fourth-order valence-electron chi connectivity index (χ4n) is 2.56. The highest BCUT2D eigenvalue weighted by Gasteiger charge is 2.28. The lowest BCUT2D eigenvalue weighted by atomic mass is 9.96. The molecule has 1 N–H and O–H groups in total. The smallest absolute Gasteiger partial charge is 0.306 e. The lowest BCUT2D eigenvalue weighted by Crippen LogP contribution is -2.40. The third-order valence-corrected chi connectivity index (χ3v) is 3.81. The number of amides is 1. The van der Waals surface area contributed by atoms with Crippen molar-refractivity contribution in [3.05, 3.63) is 35.1 Å². The SMILES string of the molecule is CCc1ccc(F)cc1C(=O)N1CCC(C(=O)O)CC1. The molecule has 4 nitrogen and oxygen atoms in total. The van der Waals surface area contributed by atoms with Gasteiger partial charge in [0.05, 0.1) is 5.92 Å². The molecule has 1 saturated heterocycles. The molecule has 1 heterocycles. The van der Waals surface area contributed by atoms with E-state index in [-0.39, 0.29) is 11.8 Å². The first-order valence-corrected chi connectivity index (χ1v) is 6.83. The van der Waals surface area contributed by atoms with Crippen LogP contribution in [-0.4, -0.2) is 35.0 Å². The quantitative estimate of drug-likeness (QED) is 0.923. The first-order valence-electron chi connectivity index (χ1n) is 6.83. The normalized spacial score (nSPS) is 16.2. The van der Waals surface area contributed by atoms with Gasteiger partial charge >= 0.3 is 5.97 Å². The Morgan fingerprint density at radius 2 is 2.00 bits per heavy atom. The molecular weight excluding hydrogens is 261 g/mol. The topological polar surface area (TPSA) is 57.6 Å². The Balaban J connectivity index is 2.13. The summed E-state index contributed by atoms with van der Waals surface area (Å²) >= 11 is 0. The number of carbonyl (C=O) groups is 2. The number of hydrogen-bond acceptors (Lipinski definition) is 2. The van der Waals surface area contributed by atoms with Crippen LogP contribution >= 0.6 is 0 Å². The van der Waals surface area contributed by atoms with Crippen molar-refractivity contribution in [2.24, 2.45) is 5.92 Å².